The van der Waals surface area contributed by atoms with Crippen LogP contribution in [0.5, 0.6) is 0 Å². The maximum Gasteiger partial charge on any atom is 0.0887 e. The van der Waals surface area contributed by atoms with Crippen molar-refractivity contribution in [1.29, 1.82) is 0 Å². The summed E-state index contributed by atoms with van der Waals surface area (Å²) in [6, 6.07) is 0.870. The van der Waals surface area contributed by atoms with Gasteiger partial charge in [-0.25, -0.2) is 0 Å². The molecule has 0 bridgehead atoms. The van der Waals surface area contributed by atoms with E-state index in [1.165, 1.54) is 32.1 Å². The van der Waals surface area contributed by atoms with Crippen LogP contribution in [0.25, 0.3) is 0 Å². The van der Waals surface area contributed by atoms with Crippen molar-refractivity contribution < 1.29 is 28.5 Å². The van der Waals surface area contributed by atoms with E-state index in [9.17, 15) is 0 Å². The molecule has 0 N–H and O–H groups in total. The molecule has 1 rings (SSSR count). The third-order valence-electron chi connectivity index (χ3n) is 2.84. The highest BCUT2D eigenvalue weighted by Crippen LogP contribution is 2.19. The summed E-state index contributed by atoms with van der Waals surface area (Å²) >= 11 is 0. The summed E-state index contributed by atoms with van der Waals surface area (Å²) in [6.45, 7) is 0. The Hall–Kier alpha value is 0.430. The molecule has 0 heterocycles. The van der Waals surface area contributed by atoms with Gasteiger partial charge in [-0.1, -0.05) is 12.2 Å². The van der Waals surface area contributed by atoms with Crippen molar-refractivity contribution in [3.63, 3.8) is 0 Å². The van der Waals surface area contributed by atoms with Crippen LogP contribution in [0.1, 0.15) is 32.1 Å². The molecule has 0 spiro atoms. The van der Waals surface area contributed by atoms with Crippen molar-refractivity contribution in [2.45, 2.75) is 38.1 Å². The summed E-state index contributed by atoms with van der Waals surface area (Å²) in [5.74, 6) is 0. The molecule has 0 radical (unpaired) electrons. The lowest BCUT2D eigenvalue weighted by atomic mass is 9.99. The van der Waals surface area contributed by atoms with Crippen LogP contribution in [0.3, 0.4) is 0 Å². The Balaban J connectivity index is 0.00000144. The van der Waals surface area contributed by atoms with Crippen molar-refractivity contribution in [3.8, 4) is 0 Å². The summed E-state index contributed by atoms with van der Waals surface area (Å²) in [7, 11) is 6.95. The quantitative estimate of drug-likeness (QED) is 0.350. The van der Waals surface area contributed by atoms with Gasteiger partial charge < -0.3 is 28.5 Å². The van der Waals surface area contributed by atoms with Crippen LogP contribution in [0.2, 0.25) is 0 Å². The predicted octanol–water partition coefficient (Wildman–Crippen LogP) is -0.414. The Kier molecular flexibility index (Phi) is 6.21. The second-order valence-corrected chi connectivity index (χ2v) is 4.75. The molecule has 0 aromatic rings. The average molecular weight is 295 g/mol. The smallest absolute Gasteiger partial charge is 0.0887 e. The molecular formula is C11H22IN. The van der Waals surface area contributed by atoms with Gasteiger partial charge in [-0.05, 0) is 25.7 Å². The topological polar surface area (TPSA) is 0 Å². The molecule has 0 saturated heterocycles. The van der Waals surface area contributed by atoms with E-state index >= 15 is 0 Å². The van der Waals surface area contributed by atoms with Gasteiger partial charge in [0.25, 0.3) is 0 Å². The normalized spacial score (nSPS) is 26.8. The van der Waals surface area contributed by atoms with E-state index in [0.717, 1.165) is 10.5 Å². The molecule has 0 fully saturated rings. The number of hydrogen-bond acceptors (Lipinski definition) is 0. The van der Waals surface area contributed by atoms with Crippen molar-refractivity contribution in [2.24, 2.45) is 0 Å². The molecule has 0 aromatic heterocycles. The molecule has 0 aromatic carbocycles. The first kappa shape index (κ1) is 13.4. The van der Waals surface area contributed by atoms with E-state index in [-0.39, 0.29) is 24.0 Å². The van der Waals surface area contributed by atoms with Crippen molar-refractivity contribution >= 4 is 0 Å². The average Bonchev–Trinajstić information content (AvgIpc) is 1.81. The van der Waals surface area contributed by atoms with Crippen LogP contribution in [0.4, 0.5) is 0 Å². The molecular weight excluding hydrogens is 273 g/mol. The highest BCUT2D eigenvalue weighted by molar-refractivity contribution is 4.85. The number of allylic oxidation sites excluding steroid dienone is 2. The molecule has 1 nitrogen and oxygen atoms in total. The molecule has 0 saturated carbocycles. The minimum atomic E-state index is 0. The van der Waals surface area contributed by atoms with Crippen molar-refractivity contribution in [1.82, 2.24) is 0 Å². The Labute approximate surface area is 99.8 Å². The second kappa shape index (κ2) is 6.02. The van der Waals surface area contributed by atoms with Crippen LogP contribution in [0, 0.1) is 0 Å². The van der Waals surface area contributed by atoms with Crippen molar-refractivity contribution in [2.75, 3.05) is 21.1 Å². The standard InChI is InChI=1S/C11H22N.HI/c1-12(2,3)11-9-7-5-4-6-8-10-11;/h4-5,11H,6-10H2,1-3H3;1H/q+1;/p-1/b5-4-;. The first-order chi connectivity index (χ1) is 5.61. The van der Waals surface area contributed by atoms with Crippen LogP contribution < -0.4 is 24.0 Å². The van der Waals surface area contributed by atoms with Crippen LogP contribution >= 0.6 is 0 Å². The lowest BCUT2D eigenvalue weighted by molar-refractivity contribution is -0.896. The van der Waals surface area contributed by atoms with Crippen LogP contribution in [-0.2, 0) is 0 Å². The maximum atomic E-state index is 2.35. The highest BCUT2D eigenvalue weighted by atomic mass is 127. The number of nitrogens with zero attached hydrogens (tertiary/aromatic N) is 1. The summed E-state index contributed by atoms with van der Waals surface area (Å²) in [5.41, 5.74) is 0. The van der Waals surface area contributed by atoms with Gasteiger partial charge >= 0.3 is 0 Å². The van der Waals surface area contributed by atoms with E-state index < -0.39 is 0 Å². The Morgan fingerprint density at radius 1 is 1.00 bits per heavy atom. The zero-order chi connectivity index (χ0) is 9.03. The summed E-state index contributed by atoms with van der Waals surface area (Å²) in [5, 5.41) is 0. The zero-order valence-electron chi connectivity index (χ0n) is 9.09. The SMILES string of the molecule is C[N+](C)(C)C1CC/C=C\CCC1.[I-]. The summed E-state index contributed by atoms with van der Waals surface area (Å²) in [6.07, 6.45) is 11.4. The number of rotatable bonds is 1. The fourth-order valence-electron chi connectivity index (χ4n) is 1.91. The molecule has 0 aliphatic heterocycles. The van der Waals surface area contributed by atoms with Gasteiger partial charge in [0.2, 0.25) is 0 Å². The minimum absolute atomic E-state index is 0. The van der Waals surface area contributed by atoms with E-state index in [1.54, 1.807) is 0 Å². The summed E-state index contributed by atoms with van der Waals surface area (Å²) in [4.78, 5) is 0. The lowest BCUT2D eigenvalue weighted by Crippen LogP contribution is -3.00. The number of halogens is 1. The number of quaternary nitrogens is 1. The van der Waals surface area contributed by atoms with E-state index in [2.05, 4.69) is 33.3 Å². The largest absolute Gasteiger partial charge is 1.00 e. The second-order valence-electron chi connectivity index (χ2n) is 4.75. The van der Waals surface area contributed by atoms with E-state index in [1.807, 2.05) is 0 Å². The Morgan fingerprint density at radius 2 is 1.62 bits per heavy atom. The van der Waals surface area contributed by atoms with E-state index in [0.29, 0.717) is 0 Å². The van der Waals surface area contributed by atoms with Crippen LogP contribution in [-0.4, -0.2) is 31.7 Å². The van der Waals surface area contributed by atoms with Gasteiger partial charge in [-0.3, -0.25) is 0 Å². The van der Waals surface area contributed by atoms with Gasteiger partial charge in [0.15, 0.2) is 0 Å². The highest BCUT2D eigenvalue weighted by Gasteiger charge is 2.22. The zero-order valence-corrected chi connectivity index (χ0v) is 11.3. The van der Waals surface area contributed by atoms with Gasteiger partial charge in [0.1, 0.15) is 0 Å². The van der Waals surface area contributed by atoms with Crippen LogP contribution in [0.15, 0.2) is 12.2 Å². The molecule has 13 heavy (non-hydrogen) atoms. The van der Waals surface area contributed by atoms with Gasteiger partial charge in [0, 0.05) is 6.42 Å². The van der Waals surface area contributed by atoms with Crippen molar-refractivity contribution in [3.05, 3.63) is 12.2 Å². The fraction of sp³-hybridized carbons (Fsp3) is 0.818. The fourth-order valence-corrected chi connectivity index (χ4v) is 1.91. The molecule has 1 unspecified atom stereocenters. The third-order valence-corrected chi connectivity index (χ3v) is 2.84. The van der Waals surface area contributed by atoms with Gasteiger partial charge in [0.05, 0.1) is 27.2 Å². The molecule has 1 atom stereocenters. The predicted molar refractivity (Wildman–Crippen MR) is 54.0 cm³/mol. The Bertz CT molecular complexity index is 158. The first-order valence-electron chi connectivity index (χ1n) is 5.07. The minimum Gasteiger partial charge on any atom is -1.00 e. The Morgan fingerprint density at radius 3 is 2.23 bits per heavy atom. The molecule has 78 valence electrons. The van der Waals surface area contributed by atoms with E-state index in [4.69, 9.17) is 0 Å². The molecule has 0 amide bonds. The van der Waals surface area contributed by atoms with Gasteiger partial charge in [-0.2, -0.15) is 0 Å². The molecule has 2 heteroatoms. The van der Waals surface area contributed by atoms with Gasteiger partial charge in [-0.15, -0.1) is 0 Å². The molecule has 1 aliphatic rings. The summed E-state index contributed by atoms with van der Waals surface area (Å²) < 4.78 is 1.13. The molecule has 1 aliphatic carbocycles. The number of hydrogen-bond donors (Lipinski definition) is 0. The third kappa shape index (κ3) is 5.01. The monoisotopic (exact) mass is 295 g/mol. The maximum absolute atomic E-state index is 2.35. The lowest BCUT2D eigenvalue weighted by Gasteiger charge is -2.34. The first-order valence-corrected chi connectivity index (χ1v) is 5.07.